The normalized spacial score (nSPS) is 10.9. The van der Waals surface area contributed by atoms with Gasteiger partial charge in [0.2, 0.25) is 0 Å². The van der Waals surface area contributed by atoms with Crippen LogP contribution in [0, 0.1) is 0 Å². The van der Waals surface area contributed by atoms with E-state index in [2.05, 4.69) is 4.98 Å². The van der Waals surface area contributed by atoms with Crippen molar-refractivity contribution in [3.63, 3.8) is 0 Å². The molecule has 2 aromatic heterocycles. The quantitative estimate of drug-likeness (QED) is 0.835. The van der Waals surface area contributed by atoms with E-state index >= 15 is 0 Å². The monoisotopic (exact) mass is 237 g/mol. The molecule has 5 heteroatoms. The van der Waals surface area contributed by atoms with Crippen molar-refractivity contribution in [3.05, 3.63) is 34.7 Å². The Bertz CT molecular complexity index is 485. The summed E-state index contributed by atoms with van der Waals surface area (Å²) in [6.45, 7) is 0. The minimum Gasteiger partial charge on any atom is -0.478 e. The van der Waals surface area contributed by atoms with Crippen molar-refractivity contribution in [2.75, 3.05) is 0 Å². The molecule has 76 valence electrons. The van der Waals surface area contributed by atoms with E-state index < -0.39 is 5.97 Å². The number of hydrogen-bond donors (Lipinski definition) is 1. The molecule has 0 spiro atoms. The molecule has 2 heterocycles. The Labute approximate surface area is 94.3 Å². The first-order chi connectivity index (χ1) is 7.25. The van der Waals surface area contributed by atoms with Crippen molar-refractivity contribution >= 4 is 34.7 Å². The molecule has 0 aliphatic heterocycles. The maximum Gasteiger partial charge on any atom is 0.328 e. The van der Waals surface area contributed by atoms with E-state index in [4.69, 9.17) is 5.11 Å². The predicted molar refractivity (Wildman–Crippen MR) is 62.1 cm³/mol. The molecule has 0 bridgehead atoms. The fourth-order valence-electron chi connectivity index (χ4n) is 1.03. The van der Waals surface area contributed by atoms with Gasteiger partial charge in [0.1, 0.15) is 5.01 Å². The highest BCUT2D eigenvalue weighted by Crippen LogP contribution is 2.27. The van der Waals surface area contributed by atoms with Crippen LogP contribution in [0.2, 0.25) is 0 Å². The zero-order valence-corrected chi connectivity index (χ0v) is 9.22. The van der Waals surface area contributed by atoms with Crippen LogP contribution in [-0.2, 0) is 4.79 Å². The Morgan fingerprint density at radius 1 is 1.47 bits per heavy atom. The summed E-state index contributed by atoms with van der Waals surface area (Å²) in [5, 5.41) is 13.2. The van der Waals surface area contributed by atoms with Gasteiger partial charge in [-0.1, -0.05) is 6.07 Å². The SMILES string of the molecule is O=C(O)/C=C/c1csc(-c2cccs2)n1. The van der Waals surface area contributed by atoms with Crippen LogP contribution in [0.5, 0.6) is 0 Å². The highest BCUT2D eigenvalue weighted by molar-refractivity contribution is 7.20. The van der Waals surface area contributed by atoms with Crippen molar-refractivity contribution in [2.24, 2.45) is 0 Å². The van der Waals surface area contributed by atoms with Gasteiger partial charge < -0.3 is 5.11 Å². The summed E-state index contributed by atoms with van der Waals surface area (Å²) < 4.78 is 0. The van der Waals surface area contributed by atoms with E-state index in [9.17, 15) is 4.79 Å². The molecule has 1 N–H and O–H groups in total. The largest absolute Gasteiger partial charge is 0.478 e. The van der Waals surface area contributed by atoms with Crippen molar-refractivity contribution < 1.29 is 9.90 Å². The lowest BCUT2D eigenvalue weighted by Gasteiger charge is -1.85. The molecule has 0 saturated heterocycles. The van der Waals surface area contributed by atoms with Crippen molar-refractivity contribution in [1.29, 1.82) is 0 Å². The van der Waals surface area contributed by atoms with E-state index in [1.54, 1.807) is 11.3 Å². The highest BCUT2D eigenvalue weighted by atomic mass is 32.1. The van der Waals surface area contributed by atoms with Gasteiger partial charge in [0.25, 0.3) is 0 Å². The lowest BCUT2D eigenvalue weighted by atomic mass is 10.4. The Kier molecular flexibility index (Phi) is 2.94. The number of carboxylic acids is 1. The van der Waals surface area contributed by atoms with Gasteiger partial charge in [-0.05, 0) is 17.5 Å². The first-order valence-corrected chi connectivity index (χ1v) is 5.92. The Morgan fingerprint density at radius 2 is 2.33 bits per heavy atom. The lowest BCUT2D eigenvalue weighted by molar-refractivity contribution is -0.131. The molecule has 0 atom stereocenters. The van der Waals surface area contributed by atoms with Crippen LogP contribution in [0.1, 0.15) is 5.69 Å². The molecule has 2 aromatic rings. The molecule has 0 radical (unpaired) electrons. The number of nitrogens with zero attached hydrogens (tertiary/aromatic N) is 1. The molecule has 0 unspecified atom stereocenters. The molecular formula is C10H7NO2S2. The second-order valence-electron chi connectivity index (χ2n) is 2.73. The second kappa shape index (κ2) is 4.37. The molecule has 15 heavy (non-hydrogen) atoms. The topological polar surface area (TPSA) is 50.2 Å². The molecule has 0 aliphatic rings. The summed E-state index contributed by atoms with van der Waals surface area (Å²) in [6.07, 6.45) is 2.59. The van der Waals surface area contributed by atoms with Crippen LogP contribution in [0.15, 0.2) is 29.0 Å². The lowest BCUT2D eigenvalue weighted by Crippen LogP contribution is -1.85. The van der Waals surface area contributed by atoms with E-state index in [0.29, 0.717) is 5.69 Å². The number of hydrogen-bond acceptors (Lipinski definition) is 4. The number of carboxylic acid groups (broad SMARTS) is 1. The van der Waals surface area contributed by atoms with Crippen LogP contribution in [0.3, 0.4) is 0 Å². The molecule has 0 fully saturated rings. The molecular weight excluding hydrogens is 230 g/mol. The molecule has 0 aliphatic carbocycles. The Hall–Kier alpha value is -1.46. The number of rotatable bonds is 3. The van der Waals surface area contributed by atoms with Gasteiger partial charge in [-0.2, -0.15) is 0 Å². The van der Waals surface area contributed by atoms with E-state index in [0.717, 1.165) is 16.0 Å². The number of thiophene rings is 1. The summed E-state index contributed by atoms with van der Waals surface area (Å²) in [5.74, 6) is -0.958. The maximum atomic E-state index is 10.3. The predicted octanol–water partition coefficient (Wildman–Crippen LogP) is 2.97. The minimum atomic E-state index is -0.958. The molecule has 2 rings (SSSR count). The highest BCUT2D eigenvalue weighted by Gasteiger charge is 2.03. The van der Waals surface area contributed by atoms with Crippen molar-refractivity contribution in [1.82, 2.24) is 4.98 Å². The van der Waals surface area contributed by atoms with E-state index in [1.807, 2.05) is 22.9 Å². The molecule has 0 saturated carbocycles. The van der Waals surface area contributed by atoms with Gasteiger partial charge in [-0.3, -0.25) is 0 Å². The first kappa shape index (κ1) is 10.1. The standard InChI is InChI=1S/C10H7NO2S2/c12-9(13)4-3-7-6-15-10(11-7)8-2-1-5-14-8/h1-6H,(H,12,13)/b4-3+. The fourth-order valence-corrected chi connectivity index (χ4v) is 2.63. The minimum absolute atomic E-state index is 0.686. The van der Waals surface area contributed by atoms with E-state index in [1.165, 1.54) is 17.4 Å². The Balaban J connectivity index is 2.21. The smallest absolute Gasteiger partial charge is 0.328 e. The van der Waals surface area contributed by atoms with Gasteiger partial charge >= 0.3 is 5.97 Å². The number of aliphatic carboxylic acids is 1. The van der Waals surface area contributed by atoms with Gasteiger partial charge in [-0.15, -0.1) is 22.7 Å². The third-order valence-electron chi connectivity index (χ3n) is 1.65. The average Bonchev–Trinajstić information content (AvgIpc) is 2.85. The molecule has 0 amide bonds. The van der Waals surface area contributed by atoms with Crippen LogP contribution in [0.25, 0.3) is 16.0 Å². The third kappa shape index (κ3) is 2.51. The fraction of sp³-hybridized carbons (Fsp3) is 0. The van der Waals surface area contributed by atoms with Crippen LogP contribution in [-0.4, -0.2) is 16.1 Å². The second-order valence-corrected chi connectivity index (χ2v) is 4.53. The average molecular weight is 237 g/mol. The van der Waals surface area contributed by atoms with Crippen LogP contribution >= 0.6 is 22.7 Å². The van der Waals surface area contributed by atoms with Gasteiger partial charge in [0.05, 0.1) is 10.6 Å². The van der Waals surface area contributed by atoms with Gasteiger partial charge in [-0.25, -0.2) is 9.78 Å². The summed E-state index contributed by atoms with van der Waals surface area (Å²) in [7, 11) is 0. The number of aromatic nitrogens is 1. The summed E-state index contributed by atoms with van der Waals surface area (Å²) in [4.78, 5) is 15.7. The van der Waals surface area contributed by atoms with Crippen LogP contribution < -0.4 is 0 Å². The van der Waals surface area contributed by atoms with Gasteiger partial charge in [0.15, 0.2) is 0 Å². The third-order valence-corrected chi connectivity index (χ3v) is 3.55. The van der Waals surface area contributed by atoms with Crippen molar-refractivity contribution in [2.45, 2.75) is 0 Å². The zero-order valence-electron chi connectivity index (χ0n) is 7.58. The Morgan fingerprint density at radius 3 is 3.00 bits per heavy atom. The molecule has 0 aromatic carbocycles. The summed E-state index contributed by atoms with van der Waals surface area (Å²) in [6, 6.07) is 3.96. The maximum absolute atomic E-state index is 10.3. The number of carbonyl (C=O) groups is 1. The summed E-state index contributed by atoms with van der Waals surface area (Å²) >= 11 is 3.14. The first-order valence-electron chi connectivity index (χ1n) is 4.16. The number of thiazole rings is 1. The van der Waals surface area contributed by atoms with Crippen molar-refractivity contribution in [3.8, 4) is 9.88 Å². The molecule has 3 nitrogen and oxygen atoms in total. The van der Waals surface area contributed by atoms with Crippen LogP contribution in [0.4, 0.5) is 0 Å². The zero-order chi connectivity index (χ0) is 10.7. The van der Waals surface area contributed by atoms with E-state index in [-0.39, 0.29) is 0 Å². The summed E-state index contributed by atoms with van der Waals surface area (Å²) in [5.41, 5.74) is 0.686. The van der Waals surface area contributed by atoms with Gasteiger partial charge in [0, 0.05) is 11.5 Å².